The lowest BCUT2D eigenvalue weighted by Gasteiger charge is -2.22. The first-order valence-corrected chi connectivity index (χ1v) is 6.33. The lowest BCUT2D eigenvalue weighted by atomic mass is 10.2. The maximum absolute atomic E-state index is 11.9. The van der Waals surface area contributed by atoms with Gasteiger partial charge in [0.2, 0.25) is 0 Å². The maximum atomic E-state index is 11.9. The maximum Gasteiger partial charge on any atom is 0.255 e. The second-order valence-electron chi connectivity index (χ2n) is 4.99. The number of nitrogens with two attached hydrogens (primary N) is 1. The molecule has 1 aliphatic heterocycles. The van der Waals surface area contributed by atoms with Crippen LogP contribution in [0.5, 0.6) is 0 Å². The number of fused-ring (bicyclic) bond motifs is 1. The fourth-order valence-corrected chi connectivity index (χ4v) is 2.97. The molecule has 5 nitrogen and oxygen atoms in total. The number of hydrogen-bond donors (Lipinski definition) is 2. The summed E-state index contributed by atoms with van der Waals surface area (Å²) in [6, 6.07) is 0.643. The van der Waals surface area contributed by atoms with Crippen molar-refractivity contribution in [1.82, 2.24) is 14.9 Å². The quantitative estimate of drug-likeness (QED) is 0.780. The average molecular weight is 234 g/mol. The van der Waals surface area contributed by atoms with E-state index in [1.807, 2.05) is 0 Å². The first-order chi connectivity index (χ1) is 8.28. The third kappa shape index (κ3) is 1.89. The van der Waals surface area contributed by atoms with Gasteiger partial charge in [-0.1, -0.05) is 12.8 Å². The Morgan fingerprint density at radius 1 is 1.35 bits per heavy atom. The van der Waals surface area contributed by atoms with Crippen molar-refractivity contribution in [3.05, 3.63) is 27.4 Å². The van der Waals surface area contributed by atoms with E-state index in [-0.39, 0.29) is 5.56 Å². The highest BCUT2D eigenvalue weighted by Gasteiger charge is 2.30. The number of H-pyrrole nitrogens is 1. The third-order valence-electron chi connectivity index (χ3n) is 3.90. The molecular formula is C12H18N4O. The molecule has 0 radical (unpaired) electrons. The zero-order valence-electron chi connectivity index (χ0n) is 9.91. The van der Waals surface area contributed by atoms with Crippen molar-refractivity contribution < 1.29 is 0 Å². The number of aromatic nitrogens is 2. The Kier molecular flexibility index (Phi) is 2.72. The Hall–Kier alpha value is -1.20. The van der Waals surface area contributed by atoms with Gasteiger partial charge in [-0.05, 0) is 12.8 Å². The average Bonchev–Trinajstić information content (AvgIpc) is 2.96. The number of nitrogens with one attached hydrogen (secondary N) is 1. The fraction of sp³-hybridized carbons (Fsp3) is 0.667. The summed E-state index contributed by atoms with van der Waals surface area (Å²) >= 11 is 0. The highest BCUT2D eigenvalue weighted by atomic mass is 16.1. The van der Waals surface area contributed by atoms with E-state index in [0.717, 1.165) is 24.3 Å². The van der Waals surface area contributed by atoms with E-state index >= 15 is 0 Å². The minimum atomic E-state index is -0.00375. The van der Waals surface area contributed by atoms with Crippen LogP contribution < -0.4 is 11.3 Å². The van der Waals surface area contributed by atoms with Gasteiger partial charge in [-0.15, -0.1) is 0 Å². The first kappa shape index (κ1) is 10.9. The van der Waals surface area contributed by atoms with Crippen LogP contribution in [0.15, 0.2) is 4.79 Å². The van der Waals surface area contributed by atoms with Gasteiger partial charge in [0.25, 0.3) is 5.56 Å². The van der Waals surface area contributed by atoms with Gasteiger partial charge in [0.15, 0.2) is 0 Å². The lowest BCUT2D eigenvalue weighted by molar-refractivity contribution is 0.200. The van der Waals surface area contributed by atoms with Crippen molar-refractivity contribution in [1.29, 1.82) is 0 Å². The summed E-state index contributed by atoms with van der Waals surface area (Å²) in [5, 5.41) is 0. The monoisotopic (exact) mass is 234 g/mol. The van der Waals surface area contributed by atoms with Crippen LogP contribution in [-0.4, -0.2) is 20.9 Å². The van der Waals surface area contributed by atoms with E-state index < -0.39 is 0 Å². The van der Waals surface area contributed by atoms with Crippen LogP contribution in [0.25, 0.3) is 0 Å². The Bertz CT molecular complexity index is 476. The van der Waals surface area contributed by atoms with E-state index in [1.165, 1.54) is 25.7 Å². The van der Waals surface area contributed by atoms with E-state index in [0.29, 0.717) is 18.4 Å². The molecule has 3 rings (SSSR count). The van der Waals surface area contributed by atoms with Crippen LogP contribution in [0.4, 0.5) is 0 Å². The molecular weight excluding hydrogens is 216 g/mol. The number of hydrogen-bond acceptors (Lipinski definition) is 4. The summed E-state index contributed by atoms with van der Waals surface area (Å²) in [5.74, 6) is 0.599. The molecule has 0 saturated heterocycles. The molecule has 0 atom stereocenters. The predicted octanol–water partition coefficient (Wildman–Crippen LogP) is 0.487. The molecule has 1 saturated carbocycles. The van der Waals surface area contributed by atoms with Crippen molar-refractivity contribution in [2.75, 3.05) is 0 Å². The van der Waals surface area contributed by atoms with Crippen LogP contribution in [-0.2, 0) is 19.6 Å². The third-order valence-corrected chi connectivity index (χ3v) is 3.90. The highest BCUT2D eigenvalue weighted by molar-refractivity contribution is 5.22. The number of aromatic amines is 1. The summed E-state index contributed by atoms with van der Waals surface area (Å²) in [7, 11) is 0. The van der Waals surface area contributed by atoms with Gasteiger partial charge < -0.3 is 10.7 Å². The summed E-state index contributed by atoms with van der Waals surface area (Å²) in [6.07, 6.45) is 5.15. The summed E-state index contributed by atoms with van der Waals surface area (Å²) in [5.41, 5.74) is 7.29. The number of rotatable bonds is 2. The Labute approximate surface area is 100 Å². The molecule has 3 N–H and O–H groups in total. The van der Waals surface area contributed by atoms with Gasteiger partial charge >= 0.3 is 0 Å². The second kappa shape index (κ2) is 4.23. The van der Waals surface area contributed by atoms with Crippen molar-refractivity contribution in [2.45, 2.75) is 51.4 Å². The van der Waals surface area contributed by atoms with Crippen LogP contribution >= 0.6 is 0 Å². The molecule has 1 fully saturated rings. The Morgan fingerprint density at radius 2 is 2.12 bits per heavy atom. The smallest absolute Gasteiger partial charge is 0.255 e. The molecule has 1 aromatic heterocycles. The Balaban J connectivity index is 1.87. The van der Waals surface area contributed by atoms with Gasteiger partial charge in [-0.2, -0.15) is 0 Å². The second-order valence-corrected chi connectivity index (χ2v) is 4.99. The molecule has 0 aromatic carbocycles. The SMILES string of the molecule is NCc1nc2c(c(=O)[nH]1)CN(C1CCCC1)C2. The molecule has 2 aliphatic rings. The molecule has 0 unspecified atom stereocenters. The molecule has 2 heterocycles. The molecule has 92 valence electrons. The van der Waals surface area contributed by atoms with Crippen LogP contribution in [0.3, 0.4) is 0 Å². The highest BCUT2D eigenvalue weighted by Crippen LogP contribution is 2.29. The normalized spacial score (nSPS) is 21.0. The van der Waals surface area contributed by atoms with E-state index in [4.69, 9.17) is 5.73 Å². The van der Waals surface area contributed by atoms with E-state index in [2.05, 4.69) is 14.9 Å². The zero-order chi connectivity index (χ0) is 11.8. The summed E-state index contributed by atoms with van der Waals surface area (Å²) in [6.45, 7) is 1.87. The molecule has 1 aromatic rings. The fourth-order valence-electron chi connectivity index (χ4n) is 2.97. The van der Waals surface area contributed by atoms with Gasteiger partial charge in [0.05, 0.1) is 17.8 Å². The van der Waals surface area contributed by atoms with E-state index in [1.54, 1.807) is 0 Å². The molecule has 17 heavy (non-hydrogen) atoms. The Morgan fingerprint density at radius 3 is 2.82 bits per heavy atom. The molecule has 0 amide bonds. The van der Waals surface area contributed by atoms with Gasteiger partial charge in [0, 0.05) is 19.1 Å². The minimum absolute atomic E-state index is 0.00375. The van der Waals surface area contributed by atoms with Crippen LogP contribution in [0.2, 0.25) is 0 Å². The largest absolute Gasteiger partial charge is 0.324 e. The van der Waals surface area contributed by atoms with Crippen LogP contribution in [0.1, 0.15) is 42.8 Å². The van der Waals surface area contributed by atoms with Crippen molar-refractivity contribution in [3.8, 4) is 0 Å². The van der Waals surface area contributed by atoms with Gasteiger partial charge in [-0.25, -0.2) is 4.98 Å². The summed E-state index contributed by atoms with van der Waals surface area (Å²) < 4.78 is 0. The van der Waals surface area contributed by atoms with Crippen molar-refractivity contribution >= 4 is 0 Å². The molecule has 1 aliphatic carbocycles. The number of nitrogens with zero attached hydrogens (tertiary/aromatic N) is 2. The molecule has 0 spiro atoms. The lowest BCUT2D eigenvalue weighted by Crippen LogP contribution is -2.28. The van der Waals surface area contributed by atoms with Gasteiger partial charge in [0.1, 0.15) is 5.82 Å². The predicted molar refractivity (Wildman–Crippen MR) is 64.3 cm³/mol. The van der Waals surface area contributed by atoms with Crippen molar-refractivity contribution in [3.63, 3.8) is 0 Å². The van der Waals surface area contributed by atoms with Gasteiger partial charge in [-0.3, -0.25) is 9.69 Å². The topological polar surface area (TPSA) is 75.0 Å². The standard InChI is InChI=1S/C12H18N4O/c13-5-11-14-10-7-16(8-3-1-2-4-8)6-9(10)12(17)15-11/h8H,1-7,13H2,(H,14,15,17). The molecule has 0 bridgehead atoms. The van der Waals surface area contributed by atoms with Crippen LogP contribution in [0, 0.1) is 0 Å². The summed E-state index contributed by atoms with van der Waals surface area (Å²) in [4.78, 5) is 21.4. The van der Waals surface area contributed by atoms with E-state index in [9.17, 15) is 4.79 Å². The zero-order valence-corrected chi connectivity index (χ0v) is 9.91. The minimum Gasteiger partial charge on any atom is -0.324 e. The molecule has 5 heteroatoms. The van der Waals surface area contributed by atoms with Crippen molar-refractivity contribution in [2.24, 2.45) is 5.73 Å². The first-order valence-electron chi connectivity index (χ1n) is 6.33.